The summed E-state index contributed by atoms with van der Waals surface area (Å²) in [4.78, 5) is 42.2. The Balaban J connectivity index is 1.79. The summed E-state index contributed by atoms with van der Waals surface area (Å²) in [5, 5.41) is 2.70. The van der Waals surface area contributed by atoms with Crippen molar-refractivity contribution in [3.05, 3.63) is 48.1 Å². The number of amides is 2. The highest BCUT2D eigenvalue weighted by atomic mass is 16.2. The molecule has 24 heavy (non-hydrogen) atoms. The molecule has 3 heterocycles. The number of carbonyl (C=O) groups is 2. The van der Waals surface area contributed by atoms with Gasteiger partial charge >= 0.3 is 0 Å². The first-order valence-electron chi connectivity index (χ1n) is 7.77. The number of nitrogens with zero attached hydrogens (tertiary/aromatic N) is 5. The van der Waals surface area contributed by atoms with Crippen molar-refractivity contribution in [2.45, 2.75) is 32.4 Å². The molecule has 1 N–H and O–H groups in total. The molecule has 1 fully saturated rings. The van der Waals surface area contributed by atoms with E-state index in [1.807, 2.05) is 0 Å². The van der Waals surface area contributed by atoms with E-state index in [9.17, 15) is 9.59 Å². The summed E-state index contributed by atoms with van der Waals surface area (Å²) in [5.41, 5.74) is 1.72. The summed E-state index contributed by atoms with van der Waals surface area (Å²) in [6.07, 6.45) is 9.52. The van der Waals surface area contributed by atoms with Gasteiger partial charge in [0.15, 0.2) is 0 Å². The average molecular weight is 326 g/mol. The molecule has 124 valence electrons. The molecule has 1 aliphatic rings. The van der Waals surface area contributed by atoms with Gasteiger partial charge in [-0.05, 0) is 12.8 Å². The van der Waals surface area contributed by atoms with Crippen LogP contribution in [0.3, 0.4) is 0 Å². The summed E-state index contributed by atoms with van der Waals surface area (Å²) < 4.78 is 0. The van der Waals surface area contributed by atoms with Crippen LogP contribution < -0.4 is 5.32 Å². The second kappa shape index (κ2) is 7.12. The van der Waals surface area contributed by atoms with Gasteiger partial charge < -0.3 is 10.2 Å². The third-order valence-electron chi connectivity index (χ3n) is 3.86. The Hall–Kier alpha value is -2.90. The van der Waals surface area contributed by atoms with Crippen molar-refractivity contribution in [3.8, 4) is 0 Å². The summed E-state index contributed by atoms with van der Waals surface area (Å²) in [7, 11) is 0. The maximum Gasteiger partial charge on any atom is 0.274 e. The lowest BCUT2D eigenvalue weighted by molar-refractivity contribution is -0.119. The van der Waals surface area contributed by atoms with Crippen molar-refractivity contribution < 1.29 is 9.59 Å². The van der Waals surface area contributed by atoms with Crippen LogP contribution in [0.15, 0.2) is 31.0 Å². The lowest BCUT2D eigenvalue weighted by Gasteiger charge is -2.23. The zero-order chi connectivity index (χ0) is 16.9. The Morgan fingerprint density at radius 3 is 2.88 bits per heavy atom. The molecule has 1 aliphatic heterocycles. The van der Waals surface area contributed by atoms with Crippen LogP contribution >= 0.6 is 0 Å². The molecule has 0 spiro atoms. The van der Waals surface area contributed by atoms with Crippen molar-refractivity contribution in [2.24, 2.45) is 0 Å². The second-order valence-electron chi connectivity index (χ2n) is 5.59. The zero-order valence-corrected chi connectivity index (χ0v) is 13.3. The van der Waals surface area contributed by atoms with Crippen molar-refractivity contribution in [1.82, 2.24) is 30.2 Å². The van der Waals surface area contributed by atoms with E-state index in [0.29, 0.717) is 24.5 Å². The average Bonchev–Trinajstić information content (AvgIpc) is 3.10. The maximum atomic E-state index is 12.6. The molecule has 2 aromatic heterocycles. The van der Waals surface area contributed by atoms with Crippen LogP contribution in [0.2, 0.25) is 0 Å². The maximum absolute atomic E-state index is 12.6. The van der Waals surface area contributed by atoms with Crippen LogP contribution in [-0.2, 0) is 11.3 Å². The minimum absolute atomic E-state index is 0.123. The molecular weight excluding hydrogens is 308 g/mol. The molecule has 3 rings (SSSR count). The Kier molecular flexibility index (Phi) is 4.74. The van der Waals surface area contributed by atoms with Gasteiger partial charge in [0, 0.05) is 25.9 Å². The molecule has 1 saturated heterocycles. The van der Waals surface area contributed by atoms with Crippen molar-refractivity contribution in [1.29, 1.82) is 0 Å². The number of hydrogen-bond donors (Lipinski definition) is 1. The van der Waals surface area contributed by atoms with Crippen LogP contribution in [0.1, 0.15) is 47.7 Å². The second-order valence-corrected chi connectivity index (χ2v) is 5.59. The topological polar surface area (TPSA) is 101 Å². The molecule has 0 saturated carbocycles. The fourth-order valence-corrected chi connectivity index (χ4v) is 2.76. The van der Waals surface area contributed by atoms with Gasteiger partial charge in [-0.2, -0.15) is 0 Å². The fraction of sp³-hybridized carbons (Fsp3) is 0.375. The Labute approximate surface area is 139 Å². The molecule has 0 aromatic carbocycles. The third-order valence-corrected chi connectivity index (χ3v) is 3.86. The number of aromatic nitrogens is 4. The van der Waals surface area contributed by atoms with E-state index in [4.69, 9.17) is 0 Å². The van der Waals surface area contributed by atoms with Crippen molar-refractivity contribution >= 4 is 11.8 Å². The molecule has 2 amide bonds. The monoisotopic (exact) mass is 326 g/mol. The van der Waals surface area contributed by atoms with Crippen LogP contribution in [-0.4, -0.2) is 43.2 Å². The predicted molar refractivity (Wildman–Crippen MR) is 84.6 cm³/mol. The smallest absolute Gasteiger partial charge is 0.274 e. The van der Waals surface area contributed by atoms with Crippen LogP contribution in [0, 0.1) is 0 Å². The highest BCUT2D eigenvalue weighted by Crippen LogP contribution is 2.31. The molecule has 2 aromatic rings. The minimum Gasteiger partial charge on any atom is -0.351 e. The Morgan fingerprint density at radius 2 is 2.12 bits per heavy atom. The van der Waals surface area contributed by atoms with Crippen LogP contribution in [0.5, 0.6) is 0 Å². The predicted octanol–water partition coefficient (Wildman–Crippen LogP) is 0.880. The standard InChI is InChI=1S/C16H18N6O2/c1-11(23)20-8-12-7-18-9-13(21-12)15-3-2-6-22(15)16(24)14-10-17-4-5-19-14/h4-5,7,9-10,15H,2-3,6,8H2,1H3,(H,20,23)/t15-/m0/s1. The van der Waals surface area contributed by atoms with Gasteiger partial charge in [-0.15, -0.1) is 0 Å². The van der Waals surface area contributed by atoms with E-state index in [0.717, 1.165) is 18.5 Å². The first kappa shape index (κ1) is 16.0. The van der Waals surface area contributed by atoms with Crippen molar-refractivity contribution in [2.75, 3.05) is 6.54 Å². The summed E-state index contributed by atoms with van der Waals surface area (Å²) in [5.74, 6) is -0.276. The van der Waals surface area contributed by atoms with Gasteiger partial charge in [0.2, 0.25) is 5.91 Å². The van der Waals surface area contributed by atoms with Gasteiger partial charge in [-0.3, -0.25) is 24.5 Å². The zero-order valence-electron chi connectivity index (χ0n) is 13.3. The quantitative estimate of drug-likeness (QED) is 0.895. The van der Waals surface area contributed by atoms with Gasteiger partial charge in [-0.1, -0.05) is 0 Å². The molecule has 0 bridgehead atoms. The van der Waals surface area contributed by atoms with E-state index in [1.54, 1.807) is 17.3 Å². The summed E-state index contributed by atoms with van der Waals surface area (Å²) in [6.45, 7) is 2.42. The molecule has 8 nitrogen and oxygen atoms in total. The molecule has 0 aliphatic carbocycles. The third kappa shape index (κ3) is 3.53. The highest BCUT2D eigenvalue weighted by molar-refractivity contribution is 5.92. The SMILES string of the molecule is CC(=O)NCc1cncc([C@@H]2CCCN2C(=O)c2cnccn2)n1. The molecule has 0 radical (unpaired) electrons. The van der Waals surface area contributed by atoms with Gasteiger partial charge in [0.25, 0.3) is 5.91 Å². The Bertz CT molecular complexity index is 736. The van der Waals surface area contributed by atoms with E-state index in [2.05, 4.69) is 25.3 Å². The molecular formula is C16H18N6O2. The molecule has 8 heteroatoms. The first-order valence-corrected chi connectivity index (χ1v) is 7.77. The fourth-order valence-electron chi connectivity index (χ4n) is 2.76. The van der Waals surface area contributed by atoms with Crippen molar-refractivity contribution in [3.63, 3.8) is 0 Å². The van der Waals surface area contributed by atoms with E-state index >= 15 is 0 Å². The lowest BCUT2D eigenvalue weighted by atomic mass is 10.1. The largest absolute Gasteiger partial charge is 0.351 e. The number of nitrogens with one attached hydrogen (secondary N) is 1. The van der Waals surface area contributed by atoms with Gasteiger partial charge in [-0.25, -0.2) is 4.98 Å². The summed E-state index contributed by atoms with van der Waals surface area (Å²) >= 11 is 0. The lowest BCUT2D eigenvalue weighted by Crippen LogP contribution is -2.32. The number of rotatable bonds is 4. The van der Waals surface area contributed by atoms with Crippen LogP contribution in [0.25, 0.3) is 0 Å². The minimum atomic E-state index is -0.153. The summed E-state index contributed by atoms with van der Waals surface area (Å²) in [6, 6.07) is -0.135. The van der Waals surface area contributed by atoms with Crippen LogP contribution in [0.4, 0.5) is 0 Å². The first-order chi connectivity index (χ1) is 11.6. The van der Waals surface area contributed by atoms with Gasteiger partial charge in [0.1, 0.15) is 5.69 Å². The number of likely N-dealkylation sites (tertiary alicyclic amines) is 1. The van der Waals surface area contributed by atoms with E-state index in [1.165, 1.54) is 25.5 Å². The molecule has 1 atom stereocenters. The van der Waals surface area contributed by atoms with E-state index in [-0.39, 0.29) is 17.9 Å². The van der Waals surface area contributed by atoms with Gasteiger partial charge in [0.05, 0.1) is 42.6 Å². The van der Waals surface area contributed by atoms with E-state index < -0.39 is 0 Å². The molecule has 0 unspecified atom stereocenters. The number of carbonyl (C=O) groups excluding carboxylic acids is 2. The highest BCUT2D eigenvalue weighted by Gasteiger charge is 2.32. The number of hydrogen-bond acceptors (Lipinski definition) is 6. The normalized spacial score (nSPS) is 16.9. The Morgan fingerprint density at radius 1 is 1.25 bits per heavy atom.